The van der Waals surface area contributed by atoms with Gasteiger partial charge in [-0.3, -0.25) is 0 Å². The molecule has 0 aliphatic rings. The molecule has 0 fully saturated rings. The van der Waals surface area contributed by atoms with Crippen LogP contribution in [0.5, 0.6) is 0 Å². The van der Waals surface area contributed by atoms with Crippen molar-refractivity contribution in [3.8, 4) is 0 Å². The molecule has 0 bridgehead atoms. The minimum Gasteiger partial charge on any atom is -0.383 e. The van der Waals surface area contributed by atoms with E-state index in [1.165, 1.54) is 6.20 Å². The van der Waals surface area contributed by atoms with Crippen LogP contribution in [0.4, 0.5) is 5.69 Å². The second-order valence-electron chi connectivity index (χ2n) is 5.42. The lowest BCUT2D eigenvalue weighted by Gasteiger charge is -2.32. The Morgan fingerprint density at radius 3 is 2.55 bits per heavy atom. The molecule has 2 N–H and O–H groups in total. The summed E-state index contributed by atoms with van der Waals surface area (Å²) in [5.41, 5.74) is 0.241. The summed E-state index contributed by atoms with van der Waals surface area (Å²) in [6.45, 7) is 6.80. The molecule has 114 valence electrons. The van der Waals surface area contributed by atoms with Crippen molar-refractivity contribution in [2.45, 2.75) is 31.3 Å². The predicted octanol–water partition coefficient (Wildman–Crippen LogP) is 1.13. The number of sulfonamides is 1. The first kappa shape index (κ1) is 16.9. The normalized spacial score (nSPS) is 12.7. The summed E-state index contributed by atoms with van der Waals surface area (Å²) in [6, 6.07) is 3.42. The van der Waals surface area contributed by atoms with Crippen LogP contribution in [-0.4, -0.2) is 51.0 Å². The van der Waals surface area contributed by atoms with Crippen molar-refractivity contribution >= 4 is 15.7 Å². The predicted molar refractivity (Wildman–Crippen MR) is 81.4 cm³/mol. The third kappa shape index (κ3) is 4.16. The Balaban J connectivity index is 2.95. The van der Waals surface area contributed by atoms with Crippen molar-refractivity contribution in [1.29, 1.82) is 0 Å². The summed E-state index contributed by atoms with van der Waals surface area (Å²) in [5.74, 6) is 0. The molecular weight excluding hydrogens is 276 g/mol. The maximum atomic E-state index is 12.4. The average Bonchev–Trinajstić information content (AvgIpc) is 2.37. The van der Waals surface area contributed by atoms with Gasteiger partial charge in [-0.05, 0) is 47.0 Å². The van der Waals surface area contributed by atoms with Crippen molar-refractivity contribution in [3.05, 3.63) is 18.3 Å². The van der Waals surface area contributed by atoms with E-state index in [9.17, 15) is 8.42 Å². The summed E-state index contributed by atoms with van der Waals surface area (Å²) in [5, 5.41) is 3.05. The van der Waals surface area contributed by atoms with E-state index in [0.717, 1.165) is 0 Å². The van der Waals surface area contributed by atoms with E-state index >= 15 is 0 Å². The van der Waals surface area contributed by atoms with Gasteiger partial charge in [0.2, 0.25) is 0 Å². The van der Waals surface area contributed by atoms with Crippen molar-refractivity contribution in [3.63, 3.8) is 0 Å². The number of nitrogens with one attached hydrogen (secondary N) is 2. The van der Waals surface area contributed by atoms with Crippen molar-refractivity contribution < 1.29 is 8.42 Å². The minimum absolute atomic E-state index is 0.0383. The fourth-order valence-corrected chi connectivity index (χ4v) is 2.74. The van der Waals surface area contributed by atoms with Crippen LogP contribution in [0.1, 0.15) is 20.8 Å². The van der Waals surface area contributed by atoms with Gasteiger partial charge < -0.3 is 10.2 Å². The monoisotopic (exact) mass is 300 g/mol. The lowest BCUT2D eigenvalue weighted by Crippen LogP contribution is -2.48. The van der Waals surface area contributed by atoms with Crippen molar-refractivity contribution in [1.82, 2.24) is 14.6 Å². The van der Waals surface area contributed by atoms with Gasteiger partial charge in [0.05, 0.1) is 5.69 Å². The highest BCUT2D eigenvalue weighted by molar-refractivity contribution is 7.89. The largest absolute Gasteiger partial charge is 0.383 e. The smallest absolute Gasteiger partial charge is 0.260 e. The van der Waals surface area contributed by atoms with Gasteiger partial charge >= 0.3 is 0 Å². The highest BCUT2D eigenvalue weighted by Gasteiger charge is 2.26. The molecule has 0 unspecified atom stereocenters. The number of pyridine rings is 1. The molecule has 0 radical (unpaired) electrons. The lowest BCUT2D eigenvalue weighted by atomic mass is 10.1. The molecule has 0 atom stereocenters. The summed E-state index contributed by atoms with van der Waals surface area (Å²) in [4.78, 5) is 5.96. The molecule has 1 aromatic rings. The molecule has 0 aromatic carbocycles. The van der Waals surface area contributed by atoms with E-state index in [0.29, 0.717) is 18.8 Å². The maximum absolute atomic E-state index is 12.4. The van der Waals surface area contributed by atoms with Gasteiger partial charge in [-0.15, -0.1) is 0 Å². The summed E-state index contributed by atoms with van der Waals surface area (Å²) >= 11 is 0. The topological polar surface area (TPSA) is 74.3 Å². The Hall–Kier alpha value is -1.18. The number of hydrogen-bond acceptors (Lipinski definition) is 5. The van der Waals surface area contributed by atoms with Gasteiger partial charge in [0.25, 0.3) is 10.0 Å². The quantitative estimate of drug-likeness (QED) is 0.789. The number of likely N-dealkylation sites (N-methyl/N-ethyl adjacent to an activating group) is 1. The standard InChI is InChI=1S/C13H24N4O2S/c1-6-14-11-8-7-9-15-12(11)20(18,19)16-10-13(2,3)17(4)5/h7-9,14,16H,6,10H2,1-5H3. The third-order valence-electron chi connectivity index (χ3n) is 3.30. The van der Waals surface area contributed by atoms with Crippen molar-refractivity contribution in [2.75, 3.05) is 32.5 Å². The molecule has 0 aliphatic carbocycles. The van der Waals surface area contributed by atoms with E-state index in [2.05, 4.69) is 15.0 Å². The number of anilines is 1. The molecule has 7 heteroatoms. The van der Waals surface area contributed by atoms with Crippen LogP contribution in [0, 0.1) is 0 Å². The van der Waals surface area contributed by atoms with Crippen LogP contribution in [0.3, 0.4) is 0 Å². The molecule has 0 saturated carbocycles. The van der Waals surface area contributed by atoms with Crippen LogP contribution in [0.15, 0.2) is 23.4 Å². The molecule has 20 heavy (non-hydrogen) atoms. The molecule has 0 saturated heterocycles. The number of rotatable bonds is 7. The molecular formula is C13H24N4O2S. The van der Waals surface area contributed by atoms with Gasteiger partial charge in [0, 0.05) is 24.8 Å². The third-order valence-corrected chi connectivity index (χ3v) is 4.66. The Morgan fingerprint density at radius 2 is 2.00 bits per heavy atom. The SMILES string of the molecule is CCNc1cccnc1S(=O)(=O)NCC(C)(C)N(C)C. The molecule has 1 heterocycles. The first-order chi connectivity index (χ1) is 9.20. The fraction of sp³-hybridized carbons (Fsp3) is 0.615. The highest BCUT2D eigenvalue weighted by Crippen LogP contribution is 2.18. The highest BCUT2D eigenvalue weighted by atomic mass is 32.2. The molecule has 6 nitrogen and oxygen atoms in total. The van der Waals surface area contributed by atoms with Gasteiger partial charge in [0.1, 0.15) is 0 Å². The van der Waals surface area contributed by atoms with E-state index in [-0.39, 0.29) is 10.6 Å². The van der Waals surface area contributed by atoms with E-state index < -0.39 is 10.0 Å². The second kappa shape index (κ2) is 6.51. The Kier molecular flexibility index (Phi) is 5.50. The van der Waals surface area contributed by atoms with E-state index in [4.69, 9.17) is 0 Å². The van der Waals surface area contributed by atoms with Gasteiger partial charge in [-0.25, -0.2) is 18.1 Å². The minimum atomic E-state index is -3.63. The van der Waals surface area contributed by atoms with E-state index in [1.807, 2.05) is 39.8 Å². The molecule has 1 aromatic heterocycles. The Labute approximate surface area is 121 Å². The summed E-state index contributed by atoms with van der Waals surface area (Å²) < 4.78 is 27.4. The summed E-state index contributed by atoms with van der Waals surface area (Å²) in [6.07, 6.45) is 1.48. The van der Waals surface area contributed by atoms with Crippen LogP contribution in [0.25, 0.3) is 0 Å². The molecule has 0 amide bonds. The second-order valence-corrected chi connectivity index (χ2v) is 7.10. The average molecular weight is 300 g/mol. The van der Waals surface area contributed by atoms with Crippen LogP contribution in [0.2, 0.25) is 0 Å². The zero-order valence-electron chi connectivity index (χ0n) is 12.8. The van der Waals surface area contributed by atoms with Gasteiger partial charge in [-0.2, -0.15) is 0 Å². The van der Waals surface area contributed by atoms with E-state index in [1.54, 1.807) is 12.1 Å². The zero-order chi connectivity index (χ0) is 15.4. The lowest BCUT2D eigenvalue weighted by molar-refractivity contribution is 0.199. The van der Waals surface area contributed by atoms with Gasteiger partial charge in [-0.1, -0.05) is 0 Å². The first-order valence-corrected chi connectivity index (χ1v) is 8.05. The van der Waals surface area contributed by atoms with Crippen LogP contribution < -0.4 is 10.0 Å². The first-order valence-electron chi connectivity index (χ1n) is 6.56. The number of aromatic nitrogens is 1. The molecule has 0 aliphatic heterocycles. The van der Waals surface area contributed by atoms with Crippen molar-refractivity contribution in [2.24, 2.45) is 0 Å². The van der Waals surface area contributed by atoms with Crippen LogP contribution >= 0.6 is 0 Å². The summed E-state index contributed by atoms with van der Waals surface area (Å²) in [7, 11) is 0.201. The Bertz CT molecular complexity index is 541. The van der Waals surface area contributed by atoms with Crippen LogP contribution in [-0.2, 0) is 10.0 Å². The zero-order valence-corrected chi connectivity index (χ0v) is 13.6. The van der Waals surface area contributed by atoms with Gasteiger partial charge in [0.15, 0.2) is 5.03 Å². The molecule has 1 rings (SSSR count). The Morgan fingerprint density at radius 1 is 1.35 bits per heavy atom. The number of hydrogen-bond donors (Lipinski definition) is 2. The maximum Gasteiger partial charge on any atom is 0.260 e. The molecule has 0 spiro atoms. The fourth-order valence-electron chi connectivity index (χ4n) is 1.43. The number of nitrogens with zero attached hydrogens (tertiary/aromatic N) is 2.